The molecule has 2 aliphatic rings. The summed E-state index contributed by atoms with van der Waals surface area (Å²) in [6.45, 7) is 2.48. The summed E-state index contributed by atoms with van der Waals surface area (Å²) in [7, 11) is 0. The highest BCUT2D eigenvalue weighted by molar-refractivity contribution is 5.88. The van der Waals surface area contributed by atoms with Crippen LogP contribution in [0.3, 0.4) is 0 Å². The zero-order chi connectivity index (χ0) is 13.2. The molecule has 1 amide bonds. The summed E-state index contributed by atoms with van der Waals surface area (Å²) in [5, 5.41) is 12.5. The molecular weight excluding hydrogens is 232 g/mol. The first-order chi connectivity index (χ1) is 8.54. The fourth-order valence-electron chi connectivity index (χ4n) is 3.04. The predicted octanol–water partition coefficient (Wildman–Crippen LogP) is 0.984. The Morgan fingerprint density at radius 3 is 2.61 bits per heavy atom. The number of amides is 1. The normalized spacial score (nSPS) is 28.8. The first-order valence-electron chi connectivity index (χ1n) is 6.81. The molecule has 102 valence electrons. The van der Waals surface area contributed by atoms with E-state index in [1.807, 2.05) is 0 Å². The number of rotatable bonds is 4. The van der Waals surface area contributed by atoms with Gasteiger partial charge >= 0.3 is 5.97 Å². The second kappa shape index (κ2) is 5.26. The SMILES string of the molecule is CC1(C(=O)O)CCCN1C(=O)CNC1CCCC1. The van der Waals surface area contributed by atoms with E-state index in [-0.39, 0.29) is 12.5 Å². The number of carbonyl (C=O) groups is 2. The van der Waals surface area contributed by atoms with Crippen molar-refractivity contribution in [1.29, 1.82) is 0 Å². The maximum Gasteiger partial charge on any atom is 0.329 e. The van der Waals surface area contributed by atoms with Crippen LogP contribution in [-0.2, 0) is 9.59 Å². The molecule has 1 aliphatic heterocycles. The number of hydrogen-bond acceptors (Lipinski definition) is 3. The Morgan fingerprint density at radius 2 is 2.00 bits per heavy atom. The van der Waals surface area contributed by atoms with Crippen molar-refractivity contribution < 1.29 is 14.7 Å². The molecule has 0 aromatic rings. The van der Waals surface area contributed by atoms with Gasteiger partial charge in [-0.25, -0.2) is 4.79 Å². The summed E-state index contributed by atoms with van der Waals surface area (Å²) in [5.41, 5.74) is -1.01. The van der Waals surface area contributed by atoms with E-state index < -0.39 is 11.5 Å². The van der Waals surface area contributed by atoms with Gasteiger partial charge in [0.1, 0.15) is 5.54 Å². The Kier molecular flexibility index (Phi) is 3.90. The summed E-state index contributed by atoms with van der Waals surface area (Å²) in [5.74, 6) is -0.974. The summed E-state index contributed by atoms with van der Waals surface area (Å²) in [4.78, 5) is 24.9. The van der Waals surface area contributed by atoms with Gasteiger partial charge in [-0.05, 0) is 32.6 Å². The number of carbonyl (C=O) groups excluding carboxylic acids is 1. The minimum atomic E-state index is -1.01. The molecule has 5 heteroatoms. The first kappa shape index (κ1) is 13.3. The van der Waals surface area contributed by atoms with E-state index in [9.17, 15) is 14.7 Å². The molecule has 0 spiro atoms. The van der Waals surface area contributed by atoms with E-state index in [0.29, 0.717) is 19.0 Å². The molecular formula is C13H22N2O3. The fraction of sp³-hybridized carbons (Fsp3) is 0.846. The molecule has 2 fully saturated rings. The van der Waals surface area contributed by atoms with Crippen LogP contribution in [0.25, 0.3) is 0 Å². The lowest BCUT2D eigenvalue weighted by Crippen LogP contribution is -2.53. The zero-order valence-electron chi connectivity index (χ0n) is 10.9. The van der Waals surface area contributed by atoms with E-state index >= 15 is 0 Å². The van der Waals surface area contributed by atoms with Gasteiger partial charge in [-0.3, -0.25) is 4.79 Å². The van der Waals surface area contributed by atoms with Gasteiger partial charge in [0, 0.05) is 12.6 Å². The Bertz CT molecular complexity index is 339. The van der Waals surface area contributed by atoms with Gasteiger partial charge in [0.2, 0.25) is 5.91 Å². The number of hydrogen-bond donors (Lipinski definition) is 2. The van der Waals surface area contributed by atoms with Crippen LogP contribution in [0.2, 0.25) is 0 Å². The molecule has 18 heavy (non-hydrogen) atoms. The minimum Gasteiger partial charge on any atom is -0.480 e. The molecule has 1 aliphatic carbocycles. The van der Waals surface area contributed by atoms with Crippen molar-refractivity contribution in [3.63, 3.8) is 0 Å². The minimum absolute atomic E-state index is 0.0794. The average molecular weight is 254 g/mol. The van der Waals surface area contributed by atoms with Crippen LogP contribution in [0.1, 0.15) is 45.4 Å². The van der Waals surface area contributed by atoms with Crippen molar-refractivity contribution in [3.8, 4) is 0 Å². The number of carboxylic acid groups (broad SMARTS) is 1. The van der Waals surface area contributed by atoms with Crippen molar-refractivity contribution in [2.24, 2.45) is 0 Å². The van der Waals surface area contributed by atoms with Crippen molar-refractivity contribution in [1.82, 2.24) is 10.2 Å². The third kappa shape index (κ3) is 2.51. The first-order valence-corrected chi connectivity index (χ1v) is 6.81. The lowest BCUT2D eigenvalue weighted by Gasteiger charge is -2.31. The number of aliphatic carboxylic acids is 1. The maximum absolute atomic E-state index is 12.1. The van der Waals surface area contributed by atoms with Crippen LogP contribution in [0.5, 0.6) is 0 Å². The van der Waals surface area contributed by atoms with Gasteiger partial charge in [0.25, 0.3) is 0 Å². The molecule has 5 nitrogen and oxygen atoms in total. The average Bonchev–Trinajstić information content (AvgIpc) is 2.95. The molecule has 1 heterocycles. The van der Waals surface area contributed by atoms with Crippen molar-refractivity contribution in [2.75, 3.05) is 13.1 Å². The van der Waals surface area contributed by atoms with E-state index in [1.165, 1.54) is 17.7 Å². The number of nitrogens with zero attached hydrogens (tertiary/aromatic N) is 1. The number of carboxylic acids is 1. The van der Waals surface area contributed by atoms with Crippen LogP contribution >= 0.6 is 0 Å². The van der Waals surface area contributed by atoms with E-state index in [0.717, 1.165) is 19.3 Å². The van der Waals surface area contributed by atoms with Crippen molar-refractivity contribution >= 4 is 11.9 Å². The van der Waals surface area contributed by atoms with E-state index in [1.54, 1.807) is 6.92 Å². The standard InChI is InChI=1S/C13H22N2O3/c1-13(12(17)18)7-4-8-15(13)11(16)9-14-10-5-2-3-6-10/h10,14H,2-9H2,1H3,(H,17,18). The van der Waals surface area contributed by atoms with Gasteiger partial charge in [-0.15, -0.1) is 0 Å². The number of likely N-dealkylation sites (tertiary alicyclic amines) is 1. The van der Waals surface area contributed by atoms with E-state index in [4.69, 9.17) is 0 Å². The van der Waals surface area contributed by atoms with Crippen LogP contribution in [0, 0.1) is 0 Å². The quantitative estimate of drug-likeness (QED) is 0.785. The summed E-state index contributed by atoms with van der Waals surface area (Å²) < 4.78 is 0. The largest absolute Gasteiger partial charge is 0.480 e. The smallest absolute Gasteiger partial charge is 0.329 e. The van der Waals surface area contributed by atoms with Crippen LogP contribution in [0.15, 0.2) is 0 Å². The Hall–Kier alpha value is -1.10. The number of nitrogens with one attached hydrogen (secondary N) is 1. The van der Waals surface area contributed by atoms with Crippen LogP contribution < -0.4 is 5.32 Å². The highest BCUT2D eigenvalue weighted by Crippen LogP contribution is 2.29. The van der Waals surface area contributed by atoms with Crippen molar-refractivity contribution in [3.05, 3.63) is 0 Å². The predicted molar refractivity (Wildman–Crippen MR) is 67.2 cm³/mol. The van der Waals surface area contributed by atoms with Crippen molar-refractivity contribution in [2.45, 2.75) is 57.0 Å². The van der Waals surface area contributed by atoms with Gasteiger partial charge < -0.3 is 15.3 Å². The fourth-order valence-corrected chi connectivity index (χ4v) is 3.04. The third-order valence-corrected chi connectivity index (χ3v) is 4.30. The molecule has 0 bridgehead atoms. The Balaban J connectivity index is 1.89. The van der Waals surface area contributed by atoms with E-state index in [2.05, 4.69) is 5.32 Å². The summed E-state index contributed by atoms with van der Waals surface area (Å²) in [6, 6.07) is 0.438. The zero-order valence-corrected chi connectivity index (χ0v) is 10.9. The molecule has 1 unspecified atom stereocenters. The molecule has 1 atom stereocenters. The van der Waals surface area contributed by atoms with Gasteiger partial charge in [-0.2, -0.15) is 0 Å². The lowest BCUT2D eigenvalue weighted by atomic mass is 9.99. The molecule has 0 aromatic heterocycles. The second-order valence-corrected chi connectivity index (χ2v) is 5.59. The highest BCUT2D eigenvalue weighted by atomic mass is 16.4. The monoisotopic (exact) mass is 254 g/mol. The van der Waals surface area contributed by atoms with Crippen LogP contribution in [0.4, 0.5) is 0 Å². The summed E-state index contributed by atoms with van der Waals surface area (Å²) in [6.07, 6.45) is 6.03. The van der Waals surface area contributed by atoms with Gasteiger partial charge in [0.05, 0.1) is 6.54 Å². The second-order valence-electron chi connectivity index (χ2n) is 5.59. The Morgan fingerprint density at radius 1 is 1.33 bits per heavy atom. The maximum atomic E-state index is 12.1. The molecule has 1 saturated carbocycles. The summed E-state index contributed by atoms with van der Waals surface area (Å²) >= 11 is 0. The molecule has 0 aromatic carbocycles. The van der Waals surface area contributed by atoms with Gasteiger partial charge in [-0.1, -0.05) is 12.8 Å². The molecule has 1 saturated heterocycles. The highest BCUT2D eigenvalue weighted by Gasteiger charge is 2.45. The topological polar surface area (TPSA) is 69.6 Å². The molecule has 2 rings (SSSR count). The van der Waals surface area contributed by atoms with Crippen LogP contribution in [-0.4, -0.2) is 46.6 Å². The van der Waals surface area contributed by atoms with Gasteiger partial charge in [0.15, 0.2) is 0 Å². The lowest BCUT2D eigenvalue weighted by molar-refractivity contribution is -0.155. The Labute approximate surface area is 108 Å². The molecule has 0 radical (unpaired) electrons. The molecule has 2 N–H and O–H groups in total. The third-order valence-electron chi connectivity index (χ3n) is 4.30.